The van der Waals surface area contributed by atoms with Crippen molar-refractivity contribution >= 4 is 16.7 Å². The van der Waals surface area contributed by atoms with Crippen LogP contribution in [0.5, 0.6) is 0 Å². The molecule has 1 aliphatic rings. The third kappa shape index (κ3) is 3.63. The summed E-state index contributed by atoms with van der Waals surface area (Å²) < 4.78 is 4.54. The molecule has 1 aliphatic heterocycles. The summed E-state index contributed by atoms with van der Waals surface area (Å²) in [6.45, 7) is 8.01. The SMILES string of the molecule is Cc1ccccc1Cc1nsc(N2CCN(CCN)CC2)n1. The molecule has 0 spiro atoms. The highest BCUT2D eigenvalue weighted by molar-refractivity contribution is 7.09. The van der Waals surface area contributed by atoms with Crippen LogP contribution in [0.25, 0.3) is 0 Å². The van der Waals surface area contributed by atoms with E-state index in [1.165, 1.54) is 22.7 Å². The van der Waals surface area contributed by atoms with Gasteiger partial charge < -0.3 is 10.6 Å². The standard InChI is InChI=1S/C16H23N5S/c1-13-4-2-3-5-14(13)12-15-18-16(22-19-15)21-10-8-20(7-6-17)9-11-21/h2-5H,6-12,17H2,1H3. The first-order chi connectivity index (χ1) is 10.8. The third-order valence-corrected chi connectivity index (χ3v) is 4.97. The summed E-state index contributed by atoms with van der Waals surface area (Å²) >= 11 is 1.52. The summed E-state index contributed by atoms with van der Waals surface area (Å²) in [5.41, 5.74) is 8.22. The predicted octanol–water partition coefficient (Wildman–Crippen LogP) is 1.52. The number of benzene rings is 1. The van der Waals surface area contributed by atoms with Gasteiger partial charge in [0.05, 0.1) is 0 Å². The van der Waals surface area contributed by atoms with E-state index >= 15 is 0 Å². The Bertz CT molecular complexity index is 604. The lowest BCUT2D eigenvalue weighted by atomic mass is 10.1. The van der Waals surface area contributed by atoms with Crippen molar-refractivity contribution in [2.45, 2.75) is 13.3 Å². The van der Waals surface area contributed by atoms with Crippen LogP contribution in [0, 0.1) is 6.92 Å². The maximum absolute atomic E-state index is 5.62. The van der Waals surface area contributed by atoms with E-state index in [1.807, 2.05) is 0 Å². The van der Waals surface area contributed by atoms with Crippen molar-refractivity contribution in [3.05, 3.63) is 41.2 Å². The quantitative estimate of drug-likeness (QED) is 0.906. The lowest BCUT2D eigenvalue weighted by Gasteiger charge is -2.33. The molecule has 6 heteroatoms. The average Bonchev–Trinajstić information content (AvgIpc) is 2.99. The van der Waals surface area contributed by atoms with E-state index in [9.17, 15) is 0 Å². The van der Waals surface area contributed by atoms with E-state index < -0.39 is 0 Å². The molecule has 118 valence electrons. The van der Waals surface area contributed by atoms with Crippen molar-refractivity contribution in [2.75, 3.05) is 44.2 Å². The van der Waals surface area contributed by atoms with Gasteiger partial charge in [-0.15, -0.1) is 0 Å². The van der Waals surface area contributed by atoms with Gasteiger partial charge in [-0.05, 0) is 18.1 Å². The van der Waals surface area contributed by atoms with E-state index in [1.54, 1.807) is 0 Å². The number of rotatable bonds is 5. The number of hydrogen-bond acceptors (Lipinski definition) is 6. The highest BCUT2D eigenvalue weighted by atomic mass is 32.1. The molecule has 1 saturated heterocycles. The first kappa shape index (κ1) is 15.4. The van der Waals surface area contributed by atoms with Gasteiger partial charge in [-0.2, -0.15) is 4.37 Å². The summed E-state index contributed by atoms with van der Waals surface area (Å²) in [5.74, 6) is 0.929. The van der Waals surface area contributed by atoms with Crippen LogP contribution >= 0.6 is 11.5 Å². The molecule has 1 aromatic heterocycles. The van der Waals surface area contributed by atoms with Gasteiger partial charge in [0, 0.05) is 57.2 Å². The number of aryl methyl sites for hydroxylation is 1. The van der Waals surface area contributed by atoms with Crippen LogP contribution in [0.4, 0.5) is 5.13 Å². The van der Waals surface area contributed by atoms with E-state index in [4.69, 9.17) is 10.7 Å². The number of aromatic nitrogens is 2. The van der Waals surface area contributed by atoms with Crippen molar-refractivity contribution < 1.29 is 0 Å². The number of piperazine rings is 1. The molecule has 0 radical (unpaired) electrons. The van der Waals surface area contributed by atoms with E-state index in [-0.39, 0.29) is 0 Å². The molecule has 5 nitrogen and oxygen atoms in total. The van der Waals surface area contributed by atoms with Gasteiger partial charge in [0.1, 0.15) is 5.82 Å². The Labute approximate surface area is 135 Å². The largest absolute Gasteiger partial charge is 0.344 e. The molecule has 0 atom stereocenters. The van der Waals surface area contributed by atoms with Gasteiger partial charge in [-0.1, -0.05) is 24.3 Å². The van der Waals surface area contributed by atoms with Gasteiger partial charge in [-0.3, -0.25) is 4.90 Å². The molecule has 22 heavy (non-hydrogen) atoms. The Morgan fingerprint density at radius 2 is 1.95 bits per heavy atom. The normalized spacial score (nSPS) is 16.2. The van der Waals surface area contributed by atoms with Gasteiger partial charge in [0.25, 0.3) is 0 Å². The topological polar surface area (TPSA) is 58.3 Å². The van der Waals surface area contributed by atoms with Crippen LogP contribution in [-0.4, -0.2) is 53.5 Å². The molecule has 1 fully saturated rings. The number of hydrogen-bond donors (Lipinski definition) is 1. The Morgan fingerprint density at radius 1 is 1.18 bits per heavy atom. The van der Waals surface area contributed by atoms with Crippen LogP contribution in [-0.2, 0) is 6.42 Å². The van der Waals surface area contributed by atoms with Crippen molar-refractivity contribution in [3.63, 3.8) is 0 Å². The minimum absolute atomic E-state index is 0.735. The zero-order valence-electron chi connectivity index (χ0n) is 13.0. The average molecular weight is 317 g/mol. The van der Waals surface area contributed by atoms with Crippen LogP contribution in [0.2, 0.25) is 0 Å². The molecule has 2 heterocycles. The van der Waals surface area contributed by atoms with Crippen molar-refractivity contribution in [3.8, 4) is 0 Å². The smallest absolute Gasteiger partial charge is 0.205 e. The van der Waals surface area contributed by atoms with Gasteiger partial charge in [0.15, 0.2) is 0 Å². The fourth-order valence-corrected chi connectivity index (χ4v) is 3.51. The van der Waals surface area contributed by atoms with Gasteiger partial charge >= 0.3 is 0 Å². The summed E-state index contributed by atoms with van der Waals surface area (Å²) in [6, 6.07) is 8.44. The molecule has 0 bridgehead atoms. The first-order valence-electron chi connectivity index (χ1n) is 7.80. The molecule has 0 amide bonds. The summed E-state index contributed by atoms with van der Waals surface area (Å²) in [5, 5.41) is 1.05. The molecule has 0 aliphatic carbocycles. The molecular formula is C16H23N5S. The third-order valence-electron chi connectivity index (χ3n) is 4.16. The summed E-state index contributed by atoms with van der Waals surface area (Å²) in [4.78, 5) is 9.48. The Hall–Kier alpha value is -1.50. The highest BCUT2D eigenvalue weighted by Gasteiger charge is 2.19. The zero-order chi connectivity index (χ0) is 15.4. The Balaban J connectivity index is 1.61. The second-order valence-electron chi connectivity index (χ2n) is 5.71. The van der Waals surface area contributed by atoms with Crippen LogP contribution < -0.4 is 10.6 Å². The maximum atomic E-state index is 5.62. The number of anilines is 1. The molecular weight excluding hydrogens is 294 g/mol. The minimum atomic E-state index is 0.735. The van der Waals surface area contributed by atoms with E-state index in [0.717, 1.165) is 56.6 Å². The molecule has 0 saturated carbocycles. The second kappa shape index (κ2) is 7.17. The molecule has 1 aromatic carbocycles. The molecule has 2 aromatic rings. The summed E-state index contributed by atoms with van der Waals surface area (Å²) in [6.07, 6.45) is 0.816. The Morgan fingerprint density at radius 3 is 2.68 bits per heavy atom. The minimum Gasteiger partial charge on any atom is -0.344 e. The van der Waals surface area contributed by atoms with E-state index in [2.05, 4.69) is 45.4 Å². The van der Waals surface area contributed by atoms with Crippen LogP contribution in [0.3, 0.4) is 0 Å². The second-order valence-corrected chi connectivity index (χ2v) is 6.44. The van der Waals surface area contributed by atoms with Crippen molar-refractivity contribution in [1.29, 1.82) is 0 Å². The Kier molecular flexibility index (Phi) is 5.02. The van der Waals surface area contributed by atoms with E-state index in [0.29, 0.717) is 0 Å². The molecule has 3 rings (SSSR count). The highest BCUT2D eigenvalue weighted by Crippen LogP contribution is 2.21. The molecule has 2 N–H and O–H groups in total. The maximum Gasteiger partial charge on any atom is 0.205 e. The van der Waals surface area contributed by atoms with Crippen LogP contribution in [0.1, 0.15) is 17.0 Å². The fraction of sp³-hybridized carbons (Fsp3) is 0.500. The van der Waals surface area contributed by atoms with Crippen molar-refractivity contribution in [2.24, 2.45) is 5.73 Å². The van der Waals surface area contributed by atoms with Gasteiger partial charge in [0.2, 0.25) is 5.13 Å². The fourth-order valence-electron chi connectivity index (χ4n) is 2.77. The monoisotopic (exact) mass is 317 g/mol. The summed E-state index contributed by atoms with van der Waals surface area (Å²) in [7, 11) is 0. The lowest BCUT2D eigenvalue weighted by Crippen LogP contribution is -2.47. The van der Waals surface area contributed by atoms with Crippen molar-refractivity contribution in [1.82, 2.24) is 14.3 Å². The lowest BCUT2D eigenvalue weighted by molar-refractivity contribution is 0.265. The number of nitrogens with two attached hydrogens (primary N) is 1. The predicted molar refractivity (Wildman–Crippen MR) is 91.6 cm³/mol. The zero-order valence-corrected chi connectivity index (χ0v) is 13.9. The first-order valence-corrected chi connectivity index (χ1v) is 8.58. The number of nitrogens with zero attached hydrogens (tertiary/aromatic N) is 4. The van der Waals surface area contributed by atoms with Crippen LogP contribution in [0.15, 0.2) is 24.3 Å². The van der Waals surface area contributed by atoms with Gasteiger partial charge in [-0.25, -0.2) is 4.98 Å². The molecule has 0 unspecified atom stereocenters.